The highest BCUT2D eigenvalue weighted by Gasteiger charge is 2.17. The van der Waals surface area contributed by atoms with Crippen molar-refractivity contribution in [3.63, 3.8) is 0 Å². The first kappa shape index (κ1) is 20.1. The highest BCUT2D eigenvalue weighted by atomic mass is 19.1. The third-order valence-electron chi connectivity index (χ3n) is 3.03. The smallest absolute Gasteiger partial charge is 0.408 e. The molecule has 0 saturated heterocycles. The van der Waals surface area contributed by atoms with Crippen LogP contribution in [0.15, 0.2) is 36.7 Å². The van der Waals surface area contributed by atoms with Crippen LogP contribution in [-0.2, 0) is 9.53 Å². The van der Waals surface area contributed by atoms with Crippen LogP contribution < -0.4 is 16.0 Å². The highest BCUT2D eigenvalue weighted by molar-refractivity contribution is 5.97. The lowest BCUT2D eigenvalue weighted by atomic mass is 10.2. The van der Waals surface area contributed by atoms with E-state index < -0.39 is 29.2 Å². The average Bonchev–Trinajstić information content (AvgIpc) is 2.54. The summed E-state index contributed by atoms with van der Waals surface area (Å²) in [6, 6.07) is 4.87. The first-order valence-electron chi connectivity index (χ1n) is 8.06. The summed E-state index contributed by atoms with van der Waals surface area (Å²) < 4.78 is 31.8. The van der Waals surface area contributed by atoms with Crippen LogP contribution in [0.25, 0.3) is 0 Å². The van der Waals surface area contributed by atoms with E-state index >= 15 is 0 Å². The van der Waals surface area contributed by atoms with Crippen LogP contribution in [0, 0.1) is 11.6 Å². The highest BCUT2D eigenvalue weighted by Crippen LogP contribution is 2.26. The first-order valence-corrected chi connectivity index (χ1v) is 8.06. The van der Waals surface area contributed by atoms with E-state index in [1.165, 1.54) is 24.4 Å². The number of anilines is 3. The maximum absolute atomic E-state index is 13.6. The normalized spacial score (nSPS) is 10.9. The number of hydrogen-bond donors (Lipinski definition) is 3. The molecular formula is C18H20F2N4O3. The molecule has 7 nitrogen and oxygen atoms in total. The summed E-state index contributed by atoms with van der Waals surface area (Å²) in [6.07, 6.45) is 1.67. The van der Waals surface area contributed by atoms with E-state index in [2.05, 4.69) is 20.9 Å². The van der Waals surface area contributed by atoms with Crippen LogP contribution in [0.4, 0.5) is 30.6 Å². The molecule has 0 aliphatic carbocycles. The van der Waals surface area contributed by atoms with Crippen LogP contribution in [-0.4, -0.2) is 29.1 Å². The van der Waals surface area contributed by atoms with Crippen LogP contribution in [0.2, 0.25) is 0 Å². The molecule has 0 fully saturated rings. The standard InChI is InChI=1S/C18H20F2N4O3/c1-18(2,3)27-17(26)22-10-16(25)24-15-7-11(19)4-5-14(15)23-13-6-12(20)8-21-9-13/h4-9,23H,10H2,1-3H3,(H,22,26)(H,24,25). The van der Waals surface area contributed by atoms with Crippen molar-refractivity contribution in [1.82, 2.24) is 10.3 Å². The van der Waals surface area contributed by atoms with Gasteiger partial charge in [-0.1, -0.05) is 0 Å². The maximum Gasteiger partial charge on any atom is 0.408 e. The number of benzene rings is 1. The summed E-state index contributed by atoms with van der Waals surface area (Å²) in [5.41, 5.74) is 0.0767. The average molecular weight is 378 g/mol. The van der Waals surface area contributed by atoms with Gasteiger partial charge in [0.2, 0.25) is 5.91 Å². The molecule has 0 aliphatic heterocycles. The zero-order valence-electron chi connectivity index (χ0n) is 15.1. The second kappa shape index (κ2) is 8.43. The lowest BCUT2D eigenvalue weighted by Gasteiger charge is -2.19. The number of amides is 2. The quantitative estimate of drug-likeness (QED) is 0.740. The van der Waals surface area contributed by atoms with Gasteiger partial charge in [0.05, 0.1) is 29.5 Å². The summed E-state index contributed by atoms with van der Waals surface area (Å²) in [5.74, 6) is -1.71. The lowest BCUT2D eigenvalue weighted by molar-refractivity contribution is -0.115. The van der Waals surface area contributed by atoms with E-state index in [1.54, 1.807) is 20.8 Å². The van der Waals surface area contributed by atoms with Gasteiger partial charge in [-0.15, -0.1) is 0 Å². The predicted octanol–water partition coefficient (Wildman–Crippen LogP) is 3.57. The molecule has 1 aromatic carbocycles. The second-order valence-corrected chi connectivity index (χ2v) is 6.61. The summed E-state index contributed by atoms with van der Waals surface area (Å²) in [6.45, 7) is 4.71. The summed E-state index contributed by atoms with van der Waals surface area (Å²) >= 11 is 0. The molecule has 0 saturated carbocycles. The Hall–Kier alpha value is -3.23. The topological polar surface area (TPSA) is 92.3 Å². The number of aromatic nitrogens is 1. The van der Waals surface area contributed by atoms with Gasteiger partial charge in [0.25, 0.3) is 0 Å². The molecule has 2 amide bonds. The molecule has 2 rings (SSSR count). The Morgan fingerprint density at radius 1 is 1.07 bits per heavy atom. The number of carbonyl (C=O) groups is 2. The molecule has 0 bridgehead atoms. The van der Waals surface area contributed by atoms with E-state index in [0.717, 1.165) is 12.3 Å². The molecule has 2 aromatic rings. The molecular weight excluding hydrogens is 358 g/mol. The van der Waals surface area contributed by atoms with Gasteiger partial charge in [-0.3, -0.25) is 9.78 Å². The molecule has 27 heavy (non-hydrogen) atoms. The molecule has 0 radical (unpaired) electrons. The van der Waals surface area contributed by atoms with E-state index in [4.69, 9.17) is 4.74 Å². The number of carbonyl (C=O) groups excluding carboxylic acids is 2. The van der Waals surface area contributed by atoms with Crippen LogP contribution in [0.5, 0.6) is 0 Å². The molecule has 0 unspecified atom stereocenters. The van der Waals surface area contributed by atoms with Crippen molar-refractivity contribution in [3.8, 4) is 0 Å². The summed E-state index contributed by atoms with van der Waals surface area (Å²) in [5, 5.41) is 7.63. The molecule has 3 N–H and O–H groups in total. The zero-order chi connectivity index (χ0) is 20.0. The molecule has 0 aliphatic rings. The van der Waals surface area contributed by atoms with Gasteiger partial charge in [-0.05, 0) is 39.0 Å². The van der Waals surface area contributed by atoms with Gasteiger partial charge in [0.1, 0.15) is 23.8 Å². The predicted molar refractivity (Wildman–Crippen MR) is 96.7 cm³/mol. The minimum atomic E-state index is -0.749. The first-order chi connectivity index (χ1) is 12.6. The van der Waals surface area contributed by atoms with Crippen molar-refractivity contribution in [2.75, 3.05) is 17.2 Å². The summed E-state index contributed by atoms with van der Waals surface area (Å²) in [7, 11) is 0. The molecule has 0 atom stereocenters. The monoisotopic (exact) mass is 378 g/mol. The van der Waals surface area contributed by atoms with Crippen molar-refractivity contribution in [2.24, 2.45) is 0 Å². The van der Waals surface area contributed by atoms with Gasteiger partial charge >= 0.3 is 6.09 Å². The largest absolute Gasteiger partial charge is 0.444 e. The van der Waals surface area contributed by atoms with Crippen LogP contribution >= 0.6 is 0 Å². The van der Waals surface area contributed by atoms with Crippen molar-refractivity contribution in [1.29, 1.82) is 0 Å². The van der Waals surface area contributed by atoms with E-state index in [9.17, 15) is 18.4 Å². The van der Waals surface area contributed by atoms with Gasteiger partial charge in [-0.2, -0.15) is 0 Å². The Kier molecular flexibility index (Phi) is 6.27. The number of ether oxygens (including phenoxy) is 1. The minimum absolute atomic E-state index is 0.121. The number of alkyl carbamates (subject to hydrolysis) is 1. The maximum atomic E-state index is 13.6. The number of hydrogen-bond acceptors (Lipinski definition) is 5. The van der Waals surface area contributed by atoms with Crippen molar-refractivity contribution in [2.45, 2.75) is 26.4 Å². The Labute approximate surface area is 155 Å². The number of halogens is 2. The molecule has 1 heterocycles. The van der Waals surface area contributed by atoms with Crippen molar-refractivity contribution >= 4 is 29.1 Å². The fourth-order valence-electron chi connectivity index (χ4n) is 2.03. The fraction of sp³-hybridized carbons (Fsp3) is 0.278. The zero-order valence-corrected chi connectivity index (χ0v) is 15.1. The third kappa shape index (κ3) is 6.89. The second-order valence-electron chi connectivity index (χ2n) is 6.61. The Morgan fingerprint density at radius 2 is 1.81 bits per heavy atom. The molecule has 0 spiro atoms. The van der Waals surface area contributed by atoms with E-state index in [-0.39, 0.29) is 12.2 Å². The van der Waals surface area contributed by atoms with Crippen LogP contribution in [0.1, 0.15) is 20.8 Å². The molecule has 144 valence electrons. The number of pyridine rings is 1. The number of nitrogens with one attached hydrogen (secondary N) is 3. The van der Waals surface area contributed by atoms with Gasteiger partial charge in [0, 0.05) is 6.07 Å². The van der Waals surface area contributed by atoms with E-state index in [1.807, 2.05) is 0 Å². The van der Waals surface area contributed by atoms with Crippen molar-refractivity contribution < 1.29 is 23.1 Å². The van der Waals surface area contributed by atoms with Crippen LogP contribution in [0.3, 0.4) is 0 Å². The van der Waals surface area contributed by atoms with Gasteiger partial charge in [-0.25, -0.2) is 13.6 Å². The fourth-order valence-corrected chi connectivity index (χ4v) is 2.03. The Balaban J connectivity index is 2.03. The number of nitrogens with zero attached hydrogens (tertiary/aromatic N) is 1. The van der Waals surface area contributed by atoms with Gasteiger partial charge in [0.15, 0.2) is 0 Å². The van der Waals surface area contributed by atoms with Crippen molar-refractivity contribution in [3.05, 3.63) is 48.3 Å². The van der Waals surface area contributed by atoms with Gasteiger partial charge < -0.3 is 20.7 Å². The van der Waals surface area contributed by atoms with E-state index in [0.29, 0.717) is 11.4 Å². The summed E-state index contributed by atoms with van der Waals surface area (Å²) in [4.78, 5) is 27.3. The third-order valence-corrected chi connectivity index (χ3v) is 3.03. The Bertz CT molecular complexity index is 838. The lowest BCUT2D eigenvalue weighted by Crippen LogP contribution is -2.37. The SMILES string of the molecule is CC(C)(C)OC(=O)NCC(=O)Nc1cc(F)ccc1Nc1cncc(F)c1. The minimum Gasteiger partial charge on any atom is -0.444 e. The Morgan fingerprint density at radius 3 is 2.48 bits per heavy atom. The molecule has 1 aromatic heterocycles. The number of rotatable bonds is 5. The molecule has 9 heteroatoms.